The molecule has 2 aliphatic rings. The summed E-state index contributed by atoms with van der Waals surface area (Å²) < 4.78 is 33.4. The largest absolute Gasteiger partial charge is 0.490 e. The number of anilines is 1. The van der Waals surface area contributed by atoms with Gasteiger partial charge in [0, 0.05) is 12.6 Å². The van der Waals surface area contributed by atoms with E-state index in [4.69, 9.17) is 4.74 Å². The zero-order valence-electron chi connectivity index (χ0n) is 12.1. The zero-order chi connectivity index (χ0) is 14.7. The second-order valence-electron chi connectivity index (χ2n) is 5.74. The Morgan fingerprint density at radius 3 is 2.67 bits per heavy atom. The van der Waals surface area contributed by atoms with Crippen LogP contribution in [0.5, 0.6) is 5.75 Å². The van der Waals surface area contributed by atoms with Gasteiger partial charge in [-0.15, -0.1) is 0 Å². The Morgan fingerprint density at radius 1 is 1.14 bits per heavy atom. The molecule has 116 valence electrons. The molecule has 2 N–H and O–H groups in total. The molecule has 0 atom stereocenters. The molecule has 0 bridgehead atoms. The first-order valence-corrected chi connectivity index (χ1v) is 9.16. The summed E-state index contributed by atoms with van der Waals surface area (Å²) in [5, 5.41) is 3.17. The highest BCUT2D eigenvalue weighted by Gasteiger charge is 2.22. The van der Waals surface area contributed by atoms with Crippen LogP contribution >= 0.6 is 0 Å². The quantitative estimate of drug-likeness (QED) is 0.842. The minimum absolute atomic E-state index is 0.0674. The lowest BCUT2D eigenvalue weighted by atomic mass is 10.1. The van der Waals surface area contributed by atoms with Crippen molar-refractivity contribution in [2.24, 2.45) is 0 Å². The molecule has 0 spiro atoms. The highest BCUT2D eigenvalue weighted by Crippen LogP contribution is 2.30. The van der Waals surface area contributed by atoms with Crippen LogP contribution < -0.4 is 14.8 Å². The summed E-state index contributed by atoms with van der Waals surface area (Å²) in [6.07, 6.45) is 6.49. The molecule has 0 saturated heterocycles. The first kappa shape index (κ1) is 14.7. The highest BCUT2D eigenvalue weighted by atomic mass is 32.2. The van der Waals surface area contributed by atoms with E-state index >= 15 is 0 Å². The van der Waals surface area contributed by atoms with E-state index in [1.165, 1.54) is 12.8 Å². The summed E-state index contributed by atoms with van der Waals surface area (Å²) in [5.74, 6) is 0.717. The van der Waals surface area contributed by atoms with Crippen LogP contribution in [0.3, 0.4) is 0 Å². The summed E-state index contributed by atoms with van der Waals surface area (Å²) in [4.78, 5) is 0.309. The van der Waals surface area contributed by atoms with Gasteiger partial charge in [-0.3, -0.25) is 0 Å². The number of benzene rings is 1. The number of ether oxygens (including phenoxy) is 1. The van der Waals surface area contributed by atoms with E-state index in [-0.39, 0.29) is 6.04 Å². The molecule has 0 radical (unpaired) electrons. The number of hydrogen-bond donors (Lipinski definition) is 2. The van der Waals surface area contributed by atoms with Gasteiger partial charge in [-0.2, -0.15) is 0 Å². The Hall–Kier alpha value is -1.27. The lowest BCUT2D eigenvalue weighted by molar-refractivity contribution is 0.323. The molecule has 0 aromatic heterocycles. The van der Waals surface area contributed by atoms with Gasteiger partial charge in [-0.05, 0) is 31.0 Å². The molecule has 1 aromatic carbocycles. The molecule has 6 heteroatoms. The molecule has 1 aliphatic heterocycles. The number of nitrogens with one attached hydrogen (secondary N) is 2. The summed E-state index contributed by atoms with van der Waals surface area (Å²) in [6.45, 7) is 1.31. The maximum atomic E-state index is 12.5. The summed E-state index contributed by atoms with van der Waals surface area (Å²) in [7, 11) is -3.46. The van der Waals surface area contributed by atoms with E-state index in [2.05, 4.69) is 10.0 Å². The van der Waals surface area contributed by atoms with Crippen molar-refractivity contribution in [3.05, 3.63) is 18.2 Å². The molecule has 1 aliphatic carbocycles. The van der Waals surface area contributed by atoms with Crippen molar-refractivity contribution in [3.8, 4) is 5.75 Å². The molecule has 1 saturated carbocycles. The zero-order valence-corrected chi connectivity index (χ0v) is 12.9. The monoisotopic (exact) mass is 310 g/mol. The maximum absolute atomic E-state index is 12.5. The van der Waals surface area contributed by atoms with Crippen molar-refractivity contribution in [3.63, 3.8) is 0 Å². The average molecular weight is 310 g/mol. The van der Waals surface area contributed by atoms with Crippen LogP contribution in [0.2, 0.25) is 0 Å². The van der Waals surface area contributed by atoms with E-state index in [1.807, 2.05) is 0 Å². The molecule has 0 amide bonds. The molecule has 3 rings (SSSR count). The second-order valence-corrected chi connectivity index (χ2v) is 7.46. The minimum Gasteiger partial charge on any atom is -0.490 e. The van der Waals surface area contributed by atoms with Crippen LogP contribution in [0.15, 0.2) is 23.1 Å². The molecule has 1 fully saturated rings. The fraction of sp³-hybridized carbons (Fsp3) is 0.600. The fourth-order valence-electron chi connectivity index (χ4n) is 2.97. The van der Waals surface area contributed by atoms with Gasteiger partial charge in [0.05, 0.1) is 10.6 Å². The number of hydrogen-bond acceptors (Lipinski definition) is 4. The van der Waals surface area contributed by atoms with E-state index < -0.39 is 10.0 Å². The number of fused-ring (bicyclic) bond motifs is 1. The summed E-state index contributed by atoms with van der Waals surface area (Å²) >= 11 is 0. The normalized spacial score (nSPS) is 20.0. The van der Waals surface area contributed by atoms with Gasteiger partial charge in [-0.1, -0.05) is 25.7 Å². The van der Waals surface area contributed by atoms with E-state index in [1.54, 1.807) is 18.2 Å². The van der Waals surface area contributed by atoms with Crippen molar-refractivity contribution in [2.75, 3.05) is 18.5 Å². The predicted octanol–water partition coefficient (Wildman–Crippen LogP) is 2.49. The van der Waals surface area contributed by atoms with Crippen LogP contribution in [0, 0.1) is 0 Å². The topological polar surface area (TPSA) is 67.4 Å². The summed E-state index contributed by atoms with van der Waals surface area (Å²) in [6, 6.07) is 5.07. The lowest BCUT2D eigenvalue weighted by Gasteiger charge is -2.21. The Morgan fingerprint density at radius 2 is 1.90 bits per heavy atom. The highest BCUT2D eigenvalue weighted by molar-refractivity contribution is 7.89. The van der Waals surface area contributed by atoms with Crippen molar-refractivity contribution < 1.29 is 13.2 Å². The van der Waals surface area contributed by atoms with Gasteiger partial charge in [-0.25, -0.2) is 13.1 Å². The Balaban J connectivity index is 1.77. The van der Waals surface area contributed by atoms with Crippen LogP contribution in [-0.4, -0.2) is 27.6 Å². The van der Waals surface area contributed by atoms with Gasteiger partial charge in [0.2, 0.25) is 10.0 Å². The standard InChI is InChI=1S/C15H22N2O3S/c18-21(19,17-12-5-3-1-2-4-6-12)13-7-8-15-14(11-13)16-9-10-20-15/h7-8,11-12,16-17H,1-6,9-10H2. The van der Waals surface area contributed by atoms with Crippen molar-refractivity contribution in [1.29, 1.82) is 0 Å². The van der Waals surface area contributed by atoms with Gasteiger partial charge >= 0.3 is 0 Å². The average Bonchev–Trinajstić information content (AvgIpc) is 2.75. The predicted molar refractivity (Wildman–Crippen MR) is 82.2 cm³/mol. The molecule has 1 aromatic rings. The second kappa shape index (κ2) is 6.23. The van der Waals surface area contributed by atoms with Crippen molar-refractivity contribution >= 4 is 15.7 Å². The van der Waals surface area contributed by atoms with Gasteiger partial charge in [0.15, 0.2) is 0 Å². The molecule has 0 unspecified atom stereocenters. The van der Waals surface area contributed by atoms with Crippen LogP contribution in [0.1, 0.15) is 38.5 Å². The van der Waals surface area contributed by atoms with E-state index in [0.29, 0.717) is 18.0 Å². The van der Waals surface area contributed by atoms with Gasteiger partial charge in [0.1, 0.15) is 12.4 Å². The Bertz CT molecular complexity index is 593. The smallest absolute Gasteiger partial charge is 0.240 e. The Labute approximate surface area is 126 Å². The molecule has 1 heterocycles. The first-order valence-electron chi connectivity index (χ1n) is 7.68. The number of sulfonamides is 1. The van der Waals surface area contributed by atoms with Gasteiger partial charge in [0.25, 0.3) is 0 Å². The molecule has 21 heavy (non-hydrogen) atoms. The lowest BCUT2D eigenvalue weighted by Crippen LogP contribution is -2.34. The van der Waals surface area contributed by atoms with Crippen molar-refractivity contribution in [2.45, 2.75) is 49.5 Å². The SMILES string of the molecule is O=S(=O)(NC1CCCCCC1)c1ccc2c(c1)NCCO2. The first-order chi connectivity index (χ1) is 10.1. The third-order valence-corrected chi connectivity index (χ3v) is 5.63. The number of rotatable bonds is 3. The third kappa shape index (κ3) is 3.49. The molecular formula is C15H22N2O3S. The third-order valence-electron chi connectivity index (χ3n) is 4.11. The summed E-state index contributed by atoms with van der Waals surface area (Å²) in [5.41, 5.74) is 0.755. The molecular weight excluding hydrogens is 288 g/mol. The minimum atomic E-state index is -3.46. The Kier molecular flexibility index (Phi) is 4.35. The van der Waals surface area contributed by atoms with Crippen LogP contribution in [0.4, 0.5) is 5.69 Å². The maximum Gasteiger partial charge on any atom is 0.240 e. The fourth-order valence-corrected chi connectivity index (χ4v) is 4.30. The molecule has 5 nitrogen and oxygen atoms in total. The van der Waals surface area contributed by atoms with Crippen LogP contribution in [0.25, 0.3) is 0 Å². The van der Waals surface area contributed by atoms with Crippen molar-refractivity contribution in [1.82, 2.24) is 4.72 Å². The van der Waals surface area contributed by atoms with Gasteiger partial charge < -0.3 is 10.1 Å². The van der Waals surface area contributed by atoms with E-state index in [9.17, 15) is 8.42 Å². The van der Waals surface area contributed by atoms with Crippen LogP contribution in [-0.2, 0) is 10.0 Å². The van der Waals surface area contributed by atoms with E-state index in [0.717, 1.165) is 37.1 Å².